The molecule has 0 spiro atoms. The average molecular weight is 401 g/mol. The van der Waals surface area contributed by atoms with Gasteiger partial charge in [0, 0.05) is 0 Å². The number of hydrogen-bond acceptors (Lipinski definition) is 2. The molecule has 0 amide bonds. The highest BCUT2D eigenvalue weighted by atomic mass is 16.4. The van der Waals surface area contributed by atoms with Gasteiger partial charge in [0.15, 0.2) is 0 Å². The Kier molecular flexibility index (Phi) is 7.21. The van der Waals surface area contributed by atoms with Crippen LogP contribution in [0, 0.1) is 19.8 Å². The quantitative estimate of drug-likeness (QED) is 0.472. The molecule has 1 atom stereocenters. The van der Waals surface area contributed by atoms with Crippen LogP contribution in [0.3, 0.4) is 0 Å². The van der Waals surface area contributed by atoms with Gasteiger partial charge in [-0.3, -0.25) is 4.79 Å². The SMILES string of the molecule is Cc1ccc(CCC(CO)C(=O)O)cc1/C=C/c1cccc(-c2ccccc2)c1C. The lowest BCUT2D eigenvalue weighted by Gasteiger charge is -2.11. The molecule has 0 saturated heterocycles. The van der Waals surface area contributed by atoms with Gasteiger partial charge in [-0.15, -0.1) is 0 Å². The molecular formula is C27H28O3. The zero-order valence-corrected chi connectivity index (χ0v) is 17.5. The summed E-state index contributed by atoms with van der Waals surface area (Å²) >= 11 is 0. The van der Waals surface area contributed by atoms with Gasteiger partial charge < -0.3 is 10.2 Å². The third-order valence-electron chi connectivity index (χ3n) is 5.60. The summed E-state index contributed by atoms with van der Waals surface area (Å²) in [6.45, 7) is 3.89. The Hall–Kier alpha value is -3.17. The van der Waals surface area contributed by atoms with Crippen LogP contribution in [0.2, 0.25) is 0 Å². The van der Waals surface area contributed by atoms with E-state index in [1.54, 1.807) is 0 Å². The number of aryl methyl sites for hydroxylation is 2. The van der Waals surface area contributed by atoms with E-state index in [4.69, 9.17) is 5.11 Å². The minimum atomic E-state index is -0.946. The topological polar surface area (TPSA) is 57.5 Å². The molecule has 0 saturated carbocycles. The third kappa shape index (κ3) is 5.25. The first kappa shape index (κ1) is 21.5. The van der Waals surface area contributed by atoms with Crippen LogP contribution in [-0.4, -0.2) is 22.8 Å². The summed E-state index contributed by atoms with van der Waals surface area (Å²) < 4.78 is 0. The fourth-order valence-corrected chi connectivity index (χ4v) is 3.60. The maximum atomic E-state index is 11.1. The van der Waals surface area contributed by atoms with E-state index in [1.165, 1.54) is 27.8 Å². The first-order valence-corrected chi connectivity index (χ1v) is 10.3. The summed E-state index contributed by atoms with van der Waals surface area (Å²) in [6, 6.07) is 22.9. The van der Waals surface area contributed by atoms with Crippen molar-refractivity contribution < 1.29 is 15.0 Å². The lowest BCUT2D eigenvalue weighted by Crippen LogP contribution is -2.18. The van der Waals surface area contributed by atoms with E-state index in [1.807, 2.05) is 12.1 Å². The summed E-state index contributed by atoms with van der Waals surface area (Å²) in [5.74, 6) is -1.66. The van der Waals surface area contributed by atoms with Gasteiger partial charge in [-0.2, -0.15) is 0 Å². The molecule has 3 heteroatoms. The Morgan fingerprint density at radius 3 is 2.37 bits per heavy atom. The molecule has 0 radical (unpaired) electrons. The summed E-state index contributed by atoms with van der Waals surface area (Å²) in [7, 11) is 0. The van der Waals surface area contributed by atoms with E-state index in [2.05, 4.69) is 80.6 Å². The van der Waals surface area contributed by atoms with Crippen LogP contribution in [0.1, 0.15) is 34.2 Å². The zero-order chi connectivity index (χ0) is 21.5. The molecule has 0 aromatic heterocycles. The van der Waals surface area contributed by atoms with E-state index < -0.39 is 11.9 Å². The van der Waals surface area contributed by atoms with E-state index in [-0.39, 0.29) is 6.61 Å². The predicted octanol–water partition coefficient (Wildman–Crippen LogP) is 5.77. The molecule has 0 bridgehead atoms. The van der Waals surface area contributed by atoms with Crippen LogP contribution in [0.4, 0.5) is 0 Å². The van der Waals surface area contributed by atoms with Crippen molar-refractivity contribution in [2.75, 3.05) is 6.61 Å². The van der Waals surface area contributed by atoms with Gasteiger partial charge in [0.25, 0.3) is 0 Å². The average Bonchev–Trinajstić information content (AvgIpc) is 2.75. The third-order valence-corrected chi connectivity index (χ3v) is 5.60. The lowest BCUT2D eigenvalue weighted by molar-refractivity contribution is -0.143. The van der Waals surface area contributed by atoms with E-state index in [9.17, 15) is 9.90 Å². The number of rotatable bonds is 8. The van der Waals surface area contributed by atoms with Gasteiger partial charge in [-0.25, -0.2) is 0 Å². The highest BCUT2D eigenvalue weighted by Gasteiger charge is 2.15. The standard InChI is InChI=1S/C27H28O3/c1-19-11-12-21(13-14-25(18-28)27(29)30)17-24(19)16-15-22-9-6-10-26(20(22)2)23-7-4-3-5-8-23/h3-12,15-17,25,28H,13-14,18H2,1-2H3,(H,29,30)/b16-15+. The zero-order valence-electron chi connectivity index (χ0n) is 17.5. The number of hydrogen-bond donors (Lipinski definition) is 2. The monoisotopic (exact) mass is 400 g/mol. The van der Waals surface area contributed by atoms with E-state index in [0.29, 0.717) is 12.8 Å². The number of aliphatic hydroxyl groups is 1. The summed E-state index contributed by atoms with van der Waals surface area (Å²) in [6.07, 6.45) is 5.32. The van der Waals surface area contributed by atoms with Crippen LogP contribution >= 0.6 is 0 Å². The first-order valence-electron chi connectivity index (χ1n) is 10.3. The molecule has 0 aliphatic rings. The Balaban J connectivity index is 1.82. The van der Waals surface area contributed by atoms with Crippen LogP contribution in [0.25, 0.3) is 23.3 Å². The molecule has 0 fully saturated rings. The Morgan fingerprint density at radius 2 is 1.67 bits per heavy atom. The fourth-order valence-electron chi connectivity index (χ4n) is 3.60. The van der Waals surface area contributed by atoms with Crippen molar-refractivity contribution in [1.29, 1.82) is 0 Å². The second-order valence-corrected chi connectivity index (χ2v) is 7.67. The molecule has 3 aromatic rings. The first-order chi connectivity index (χ1) is 14.5. The molecule has 1 unspecified atom stereocenters. The number of benzene rings is 3. The lowest BCUT2D eigenvalue weighted by atomic mass is 9.95. The number of carbonyl (C=O) groups is 1. The fraction of sp³-hybridized carbons (Fsp3) is 0.222. The molecule has 3 rings (SSSR count). The minimum Gasteiger partial charge on any atom is -0.481 e. The van der Waals surface area contributed by atoms with Crippen molar-refractivity contribution in [2.24, 2.45) is 5.92 Å². The maximum absolute atomic E-state index is 11.1. The molecule has 0 aliphatic heterocycles. The molecular weight excluding hydrogens is 372 g/mol. The van der Waals surface area contributed by atoms with Crippen molar-refractivity contribution in [2.45, 2.75) is 26.7 Å². The molecule has 3 nitrogen and oxygen atoms in total. The van der Waals surface area contributed by atoms with Gasteiger partial charge in [0.05, 0.1) is 12.5 Å². The highest BCUT2D eigenvalue weighted by molar-refractivity contribution is 5.78. The predicted molar refractivity (Wildman–Crippen MR) is 123 cm³/mol. The van der Waals surface area contributed by atoms with Gasteiger partial charge in [0.2, 0.25) is 0 Å². The summed E-state index contributed by atoms with van der Waals surface area (Å²) in [5, 5.41) is 18.3. The number of carboxylic acids is 1. The Morgan fingerprint density at radius 1 is 0.933 bits per heavy atom. The Labute approximate surface area is 178 Å². The molecule has 2 N–H and O–H groups in total. The van der Waals surface area contributed by atoms with Crippen LogP contribution in [-0.2, 0) is 11.2 Å². The van der Waals surface area contributed by atoms with Gasteiger partial charge in [-0.1, -0.05) is 78.9 Å². The van der Waals surface area contributed by atoms with Gasteiger partial charge in [-0.05, 0) is 65.6 Å². The normalized spacial score (nSPS) is 12.2. The van der Waals surface area contributed by atoms with Gasteiger partial charge in [0.1, 0.15) is 0 Å². The molecule has 0 heterocycles. The van der Waals surface area contributed by atoms with Crippen LogP contribution in [0.15, 0.2) is 66.7 Å². The molecule has 30 heavy (non-hydrogen) atoms. The van der Waals surface area contributed by atoms with Crippen LogP contribution < -0.4 is 0 Å². The maximum Gasteiger partial charge on any atom is 0.308 e. The smallest absolute Gasteiger partial charge is 0.308 e. The number of aliphatic carboxylic acids is 1. The van der Waals surface area contributed by atoms with Crippen molar-refractivity contribution in [3.8, 4) is 11.1 Å². The summed E-state index contributed by atoms with van der Waals surface area (Å²) in [4.78, 5) is 11.1. The Bertz CT molecular complexity index is 1040. The molecule has 154 valence electrons. The van der Waals surface area contributed by atoms with Crippen molar-refractivity contribution >= 4 is 18.1 Å². The number of aliphatic hydroxyl groups excluding tert-OH is 1. The van der Waals surface area contributed by atoms with Crippen LogP contribution in [0.5, 0.6) is 0 Å². The van der Waals surface area contributed by atoms with Gasteiger partial charge >= 0.3 is 5.97 Å². The largest absolute Gasteiger partial charge is 0.481 e. The molecule has 0 aliphatic carbocycles. The van der Waals surface area contributed by atoms with Crippen molar-refractivity contribution in [1.82, 2.24) is 0 Å². The second kappa shape index (κ2) is 10.0. The van der Waals surface area contributed by atoms with E-state index >= 15 is 0 Å². The highest BCUT2D eigenvalue weighted by Crippen LogP contribution is 2.27. The van der Waals surface area contributed by atoms with Crippen molar-refractivity contribution in [3.05, 3.63) is 94.5 Å². The van der Waals surface area contributed by atoms with E-state index in [0.717, 1.165) is 11.1 Å². The number of carboxylic acid groups (broad SMARTS) is 1. The second-order valence-electron chi connectivity index (χ2n) is 7.67. The summed E-state index contributed by atoms with van der Waals surface area (Å²) in [5.41, 5.74) is 8.21. The molecule has 3 aromatic carbocycles. The van der Waals surface area contributed by atoms with Crippen molar-refractivity contribution in [3.63, 3.8) is 0 Å². The minimum absolute atomic E-state index is 0.328.